The first kappa shape index (κ1) is 16.6. The Bertz CT molecular complexity index is 985. The van der Waals surface area contributed by atoms with Crippen molar-refractivity contribution < 1.29 is 0 Å². The van der Waals surface area contributed by atoms with Crippen molar-refractivity contribution in [3.8, 4) is 11.4 Å². The molecule has 4 nitrogen and oxygen atoms in total. The van der Waals surface area contributed by atoms with Crippen LogP contribution in [0.3, 0.4) is 0 Å². The lowest BCUT2D eigenvalue weighted by molar-refractivity contribution is 0.871. The van der Waals surface area contributed by atoms with E-state index in [1.807, 2.05) is 24.3 Å². The molecule has 1 N–H and O–H groups in total. The molecule has 1 aromatic heterocycles. The first-order chi connectivity index (χ1) is 11.5. The molecule has 3 aromatic rings. The van der Waals surface area contributed by atoms with E-state index in [2.05, 4.69) is 48.2 Å². The van der Waals surface area contributed by atoms with Crippen LogP contribution in [0.5, 0.6) is 0 Å². The number of nitrogens with one attached hydrogen (secondary N) is 1. The van der Waals surface area contributed by atoms with Crippen LogP contribution < -0.4 is 0 Å². The van der Waals surface area contributed by atoms with Crippen molar-refractivity contribution in [3.05, 3.63) is 68.4 Å². The molecule has 0 fully saturated rings. The summed E-state index contributed by atoms with van der Waals surface area (Å²) < 4.78 is 2.01. The molecule has 0 bridgehead atoms. The molecule has 0 aliphatic heterocycles. The number of hydrogen-bond donors (Lipinski definition) is 1. The highest BCUT2D eigenvalue weighted by Gasteiger charge is 2.11. The zero-order chi connectivity index (χ0) is 17.3. The van der Waals surface area contributed by atoms with Gasteiger partial charge in [0.1, 0.15) is 0 Å². The largest absolute Gasteiger partial charge is 0.250 e. The van der Waals surface area contributed by atoms with Gasteiger partial charge in [0.2, 0.25) is 4.77 Å². The molecule has 1 heterocycles. The lowest BCUT2D eigenvalue weighted by Crippen LogP contribution is -1.97. The molecule has 0 radical (unpaired) electrons. The summed E-state index contributed by atoms with van der Waals surface area (Å²) >= 11 is 11.6. The van der Waals surface area contributed by atoms with E-state index in [1.165, 1.54) is 11.1 Å². The lowest BCUT2D eigenvalue weighted by Gasteiger charge is -2.06. The number of rotatable bonds is 3. The summed E-state index contributed by atoms with van der Waals surface area (Å²) in [4.78, 5) is 0. The monoisotopic (exact) mass is 356 g/mol. The predicted octanol–water partition coefficient (Wildman–Crippen LogP) is 5.07. The second-order valence-corrected chi connectivity index (χ2v) is 6.48. The summed E-state index contributed by atoms with van der Waals surface area (Å²) in [7, 11) is 0. The molecule has 0 aliphatic carbocycles. The van der Waals surface area contributed by atoms with Crippen LogP contribution in [0, 0.1) is 25.5 Å². The Kier molecular flexibility index (Phi) is 4.64. The summed E-state index contributed by atoms with van der Waals surface area (Å²) in [6.07, 6.45) is 1.80. The van der Waals surface area contributed by atoms with Crippen molar-refractivity contribution in [2.45, 2.75) is 20.8 Å². The number of benzene rings is 2. The van der Waals surface area contributed by atoms with E-state index < -0.39 is 0 Å². The fraction of sp³-hybridized carbons (Fsp3) is 0.167. The number of aryl methyl sites for hydroxylation is 3. The summed E-state index contributed by atoms with van der Waals surface area (Å²) in [5.74, 6) is 0.586. The second kappa shape index (κ2) is 6.71. The normalized spacial score (nSPS) is 11.3. The number of halogens is 1. The lowest BCUT2D eigenvalue weighted by atomic mass is 10.0. The number of aromatic nitrogens is 3. The maximum atomic E-state index is 6.27. The third kappa shape index (κ3) is 3.18. The maximum Gasteiger partial charge on any atom is 0.216 e. The molecular weight excluding hydrogens is 340 g/mol. The van der Waals surface area contributed by atoms with Gasteiger partial charge in [-0.2, -0.15) is 14.9 Å². The number of H-pyrrole nitrogens is 1. The van der Waals surface area contributed by atoms with Crippen molar-refractivity contribution >= 4 is 30.0 Å². The van der Waals surface area contributed by atoms with Crippen LogP contribution in [-0.4, -0.2) is 21.1 Å². The Morgan fingerprint density at radius 2 is 1.83 bits per heavy atom. The molecule has 0 amide bonds. The van der Waals surface area contributed by atoms with Gasteiger partial charge in [-0.25, -0.2) is 5.10 Å². The minimum Gasteiger partial charge on any atom is -0.250 e. The minimum absolute atomic E-state index is 0.419. The zero-order valence-corrected chi connectivity index (χ0v) is 15.2. The van der Waals surface area contributed by atoms with Gasteiger partial charge in [0.25, 0.3) is 0 Å². The molecule has 0 aliphatic rings. The molecule has 0 saturated carbocycles. The fourth-order valence-electron chi connectivity index (χ4n) is 2.46. The highest BCUT2D eigenvalue weighted by Crippen LogP contribution is 2.26. The Balaban J connectivity index is 2.06. The van der Waals surface area contributed by atoms with Crippen LogP contribution in [0.1, 0.15) is 22.3 Å². The predicted molar refractivity (Wildman–Crippen MR) is 102 cm³/mol. The summed E-state index contributed by atoms with van der Waals surface area (Å²) in [6.45, 7) is 6.26. The summed E-state index contributed by atoms with van der Waals surface area (Å²) in [5, 5.41) is 12.2. The van der Waals surface area contributed by atoms with Gasteiger partial charge in [-0.1, -0.05) is 29.8 Å². The third-order valence-electron chi connectivity index (χ3n) is 3.96. The molecule has 0 unspecified atom stereocenters. The van der Waals surface area contributed by atoms with Gasteiger partial charge in [0, 0.05) is 5.56 Å². The van der Waals surface area contributed by atoms with E-state index in [-0.39, 0.29) is 0 Å². The van der Waals surface area contributed by atoms with Crippen LogP contribution in [0.2, 0.25) is 5.02 Å². The maximum absolute atomic E-state index is 6.27. The number of nitrogens with zero attached hydrogens (tertiary/aromatic N) is 3. The van der Waals surface area contributed by atoms with Crippen LogP contribution >= 0.6 is 23.8 Å². The van der Waals surface area contributed by atoms with Crippen molar-refractivity contribution in [1.29, 1.82) is 0 Å². The quantitative estimate of drug-likeness (QED) is 0.526. The molecule has 122 valence electrons. The van der Waals surface area contributed by atoms with E-state index in [1.54, 1.807) is 10.9 Å². The molecule has 0 spiro atoms. The molecule has 0 saturated heterocycles. The molecular formula is C18H17ClN4S. The highest BCUT2D eigenvalue weighted by molar-refractivity contribution is 7.71. The van der Waals surface area contributed by atoms with Crippen LogP contribution in [0.4, 0.5) is 0 Å². The van der Waals surface area contributed by atoms with Gasteiger partial charge in [-0.3, -0.25) is 0 Å². The Labute approximate surface area is 150 Å². The average Bonchev–Trinajstić information content (AvgIpc) is 2.91. The summed E-state index contributed by atoms with van der Waals surface area (Å²) in [6, 6.07) is 11.8. The molecule has 24 heavy (non-hydrogen) atoms. The van der Waals surface area contributed by atoms with Crippen LogP contribution in [0.15, 0.2) is 41.5 Å². The van der Waals surface area contributed by atoms with Gasteiger partial charge < -0.3 is 0 Å². The van der Waals surface area contributed by atoms with Crippen LogP contribution in [0.25, 0.3) is 11.4 Å². The van der Waals surface area contributed by atoms with Gasteiger partial charge in [-0.05, 0) is 73.4 Å². The zero-order valence-electron chi connectivity index (χ0n) is 13.7. The van der Waals surface area contributed by atoms with Crippen molar-refractivity contribution in [2.75, 3.05) is 0 Å². The average molecular weight is 357 g/mol. The smallest absolute Gasteiger partial charge is 0.216 e. The molecule has 3 rings (SSSR count). The highest BCUT2D eigenvalue weighted by atomic mass is 35.5. The van der Waals surface area contributed by atoms with E-state index in [0.29, 0.717) is 15.6 Å². The Hall–Kier alpha value is -2.24. The standard InChI is InChI=1S/C18H17ClN4S/c1-11-8-13(3)14(9-12(11)2)10-20-23-17(21-22-18(23)24)15-6-4-5-7-16(15)19/h4-10H,1-3H3,(H,22,24)/b20-10-. The van der Waals surface area contributed by atoms with E-state index in [9.17, 15) is 0 Å². The first-order valence-electron chi connectivity index (χ1n) is 7.52. The fourth-order valence-corrected chi connectivity index (χ4v) is 2.86. The molecule has 0 atom stereocenters. The van der Waals surface area contributed by atoms with Crippen molar-refractivity contribution in [3.63, 3.8) is 0 Å². The van der Waals surface area contributed by atoms with Crippen molar-refractivity contribution in [1.82, 2.24) is 14.9 Å². The SMILES string of the molecule is Cc1cc(C)c(/C=N\n2c(-c3ccccc3Cl)n[nH]c2=S)cc1C. The second-order valence-electron chi connectivity index (χ2n) is 5.68. The van der Waals surface area contributed by atoms with E-state index in [4.69, 9.17) is 23.8 Å². The summed E-state index contributed by atoms with van der Waals surface area (Å²) in [5.41, 5.74) is 5.48. The molecule has 6 heteroatoms. The van der Waals surface area contributed by atoms with Gasteiger partial charge in [-0.15, -0.1) is 0 Å². The van der Waals surface area contributed by atoms with Crippen molar-refractivity contribution in [2.24, 2.45) is 5.10 Å². The topological polar surface area (TPSA) is 46.0 Å². The third-order valence-corrected chi connectivity index (χ3v) is 4.55. The van der Waals surface area contributed by atoms with E-state index in [0.717, 1.165) is 16.7 Å². The Morgan fingerprint density at radius 3 is 2.58 bits per heavy atom. The Morgan fingerprint density at radius 1 is 1.12 bits per heavy atom. The van der Waals surface area contributed by atoms with Gasteiger partial charge >= 0.3 is 0 Å². The minimum atomic E-state index is 0.419. The van der Waals surface area contributed by atoms with Gasteiger partial charge in [0.15, 0.2) is 5.82 Å². The van der Waals surface area contributed by atoms with Crippen LogP contribution in [-0.2, 0) is 0 Å². The van der Waals surface area contributed by atoms with Gasteiger partial charge in [0.05, 0.1) is 11.2 Å². The molecule has 2 aromatic carbocycles. The van der Waals surface area contributed by atoms with E-state index >= 15 is 0 Å². The number of aromatic amines is 1. The number of hydrogen-bond acceptors (Lipinski definition) is 3. The first-order valence-corrected chi connectivity index (χ1v) is 8.30.